The number of nitro benzene ring substituents is 1. The summed E-state index contributed by atoms with van der Waals surface area (Å²) >= 11 is 0. The lowest BCUT2D eigenvalue weighted by Gasteiger charge is -2.06. The van der Waals surface area contributed by atoms with Crippen LogP contribution in [0.4, 0.5) is 5.69 Å². The zero-order valence-corrected chi connectivity index (χ0v) is 16.9. The van der Waals surface area contributed by atoms with Gasteiger partial charge in [-0.05, 0) is 30.7 Å². The Morgan fingerprint density at radius 3 is 2.61 bits per heavy atom. The fourth-order valence-electron chi connectivity index (χ4n) is 3.48. The molecule has 4 rings (SSSR count). The van der Waals surface area contributed by atoms with Crippen molar-refractivity contribution in [3.63, 3.8) is 0 Å². The summed E-state index contributed by atoms with van der Waals surface area (Å²) in [5.41, 5.74) is 7.08. The fraction of sp³-hybridized carbons (Fsp3) is 0.0833. The second-order valence-electron chi connectivity index (χ2n) is 7.22. The lowest BCUT2D eigenvalue weighted by Crippen LogP contribution is -2.17. The molecule has 0 atom stereocenters. The number of hydrazone groups is 1. The Bertz CT molecular complexity index is 1290. The van der Waals surface area contributed by atoms with E-state index in [2.05, 4.69) is 46.3 Å². The van der Waals surface area contributed by atoms with Crippen molar-refractivity contribution >= 4 is 28.7 Å². The van der Waals surface area contributed by atoms with Crippen LogP contribution in [0.1, 0.15) is 27.0 Å². The molecule has 0 aliphatic rings. The van der Waals surface area contributed by atoms with Crippen molar-refractivity contribution in [1.82, 2.24) is 9.99 Å². The van der Waals surface area contributed by atoms with Crippen LogP contribution in [-0.2, 0) is 6.54 Å². The molecule has 154 valence electrons. The standard InChI is InChI=1S/C24H20N4O3/c1-17-5-4-6-18(13-17)15-27-16-20(22-7-2-3-8-23(22)27)14-25-26-24(29)19-9-11-21(12-10-19)28(30)31/h2-14,16H,15H2,1H3,(H,26,29)/b25-14-. The molecule has 0 radical (unpaired) electrons. The first kappa shape index (κ1) is 20.0. The van der Waals surface area contributed by atoms with Crippen LogP contribution in [0.3, 0.4) is 0 Å². The number of aryl methyl sites for hydroxylation is 1. The van der Waals surface area contributed by atoms with Gasteiger partial charge in [0.15, 0.2) is 0 Å². The zero-order chi connectivity index (χ0) is 21.8. The first-order chi connectivity index (χ1) is 15.0. The van der Waals surface area contributed by atoms with Gasteiger partial charge in [0.25, 0.3) is 11.6 Å². The van der Waals surface area contributed by atoms with Crippen LogP contribution in [0.5, 0.6) is 0 Å². The van der Waals surface area contributed by atoms with Crippen molar-refractivity contribution in [2.45, 2.75) is 13.5 Å². The minimum Gasteiger partial charge on any atom is -0.342 e. The molecule has 0 saturated heterocycles. The van der Waals surface area contributed by atoms with Gasteiger partial charge in [0.05, 0.1) is 11.1 Å². The Morgan fingerprint density at radius 1 is 1.10 bits per heavy atom. The molecule has 7 heteroatoms. The van der Waals surface area contributed by atoms with E-state index in [1.165, 1.54) is 35.4 Å². The SMILES string of the molecule is Cc1cccc(Cn2cc(/C=N\NC(=O)c3ccc([N+](=O)[O-])cc3)c3ccccc32)c1. The summed E-state index contributed by atoms with van der Waals surface area (Å²) in [7, 11) is 0. The molecule has 0 spiro atoms. The number of aromatic nitrogens is 1. The number of carbonyl (C=O) groups excluding carboxylic acids is 1. The topological polar surface area (TPSA) is 89.5 Å². The minimum absolute atomic E-state index is 0.0681. The monoisotopic (exact) mass is 412 g/mol. The molecule has 1 aromatic heterocycles. The molecule has 0 unspecified atom stereocenters. The van der Waals surface area contributed by atoms with E-state index in [1.54, 1.807) is 6.21 Å². The van der Waals surface area contributed by atoms with Gasteiger partial charge in [0, 0.05) is 46.9 Å². The maximum absolute atomic E-state index is 12.3. The minimum atomic E-state index is -0.508. The second-order valence-corrected chi connectivity index (χ2v) is 7.22. The number of hydrogen-bond acceptors (Lipinski definition) is 4. The zero-order valence-electron chi connectivity index (χ0n) is 16.9. The fourth-order valence-corrected chi connectivity index (χ4v) is 3.48. The van der Waals surface area contributed by atoms with Crippen molar-refractivity contribution in [3.05, 3.63) is 111 Å². The highest BCUT2D eigenvalue weighted by Crippen LogP contribution is 2.21. The summed E-state index contributed by atoms with van der Waals surface area (Å²) in [5, 5.41) is 15.9. The number of nitro groups is 1. The van der Waals surface area contributed by atoms with Crippen LogP contribution in [0, 0.1) is 17.0 Å². The van der Waals surface area contributed by atoms with Crippen molar-refractivity contribution < 1.29 is 9.72 Å². The van der Waals surface area contributed by atoms with Crippen LogP contribution in [0.2, 0.25) is 0 Å². The number of nitrogens with zero attached hydrogens (tertiary/aromatic N) is 3. The molecule has 0 aliphatic heterocycles. The Morgan fingerprint density at radius 2 is 1.87 bits per heavy atom. The third-order valence-electron chi connectivity index (χ3n) is 4.96. The van der Waals surface area contributed by atoms with Gasteiger partial charge in [-0.3, -0.25) is 14.9 Å². The van der Waals surface area contributed by atoms with Crippen LogP contribution in [0.25, 0.3) is 10.9 Å². The quantitative estimate of drug-likeness (QED) is 0.283. The smallest absolute Gasteiger partial charge is 0.271 e. The number of para-hydroxylation sites is 1. The van der Waals surface area contributed by atoms with E-state index in [0.717, 1.165) is 23.0 Å². The van der Waals surface area contributed by atoms with Gasteiger partial charge in [-0.25, -0.2) is 5.43 Å². The Labute approximate surface area is 178 Å². The van der Waals surface area contributed by atoms with E-state index < -0.39 is 10.8 Å². The summed E-state index contributed by atoms with van der Waals surface area (Å²) in [5.74, 6) is -0.436. The molecular formula is C24H20N4O3. The van der Waals surface area contributed by atoms with Crippen LogP contribution < -0.4 is 5.43 Å². The molecule has 1 N–H and O–H groups in total. The number of rotatable bonds is 6. The first-order valence-electron chi connectivity index (χ1n) is 9.72. The van der Waals surface area contributed by atoms with E-state index >= 15 is 0 Å². The maximum atomic E-state index is 12.3. The molecule has 0 saturated carbocycles. The summed E-state index contributed by atoms with van der Waals surface area (Å²) in [6.45, 7) is 2.80. The lowest BCUT2D eigenvalue weighted by molar-refractivity contribution is -0.384. The molecule has 1 amide bonds. The number of amides is 1. The molecule has 0 fully saturated rings. The number of non-ortho nitro benzene ring substituents is 1. The van der Waals surface area contributed by atoms with Gasteiger partial charge in [-0.2, -0.15) is 5.10 Å². The Kier molecular flexibility index (Phi) is 5.57. The summed E-state index contributed by atoms with van der Waals surface area (Å²) < 4.78 is 2.16. The van der Waals surface area contributed by atoms with Crippen molar-refractivity contribution in [1.29, 1.82) is 0 Å². The van der Waals surface area contributed by atoms with E-state index in [1.807, 2.05) is 30.5 Å². The highest BCUT2D eigenvalue weighted by atomic mass is 16.6. The Hall–Kier alpha value is -4.26. The summed E-state index contributed by atoms with van der Waals surface area (Å²) in [4.78, 5) is 22.5. The van der Waals surface area contributed by atoms with E-state index in [9.17, 15) is 14.9 Å². The van der Waals surface area contributed by atoms with Crippen LogP contribution >= 0.6 is 0 Å². The average molecular weight is 412 g/mol. The molecule has 1 heterocycles. The second kappa shape index (κ2) is 8.62. The number of hydrogen-bond donors (Lipinski definition) is 1. The summed E-state index contributed by atoms with van der Waals surface area (Å²) in [6.07, 6.45) is 3.62. The van der Waals surface area contributed by atoms with Crippen molar-refractivity contribution in [2.24, 2.45) is 5.10 Å². The predicted octanol–water partition coefficient (Wildman–Crippen LogP) is 4.67. The van der Waals surface area contributed by atoms with E-state index in [0.29, 0.717) is 5.56 Å². The average Bonchev–Trinajstić information content (AvgIpc) is 3.11. The van der Waals surface area contributed by atoms with Gasteiger partial charge in [-0.1, -0.05) is 48.0 Å². The third-order valence-corrected chi connectivity index (χ3v) is 4.96. The number of nitrogens with one attached hydrogen (secondary N) is 1. The number of fused-ring (bicyclic) bond motifs is 1. The Balaban J connectivity index is 1.53. The van der Waals surface area contributed by atoms with E-state index in [-0.39, 0.29) is 5.69 Å². The highest BCUT2D eigenvalue weighted by molar-refractivity contribution is 6.00. The first-order valence-corrected chi connectivity index (χ1v) is 9.72. The van der Waals surface area contributed by atoms with Crippen LogP contribution in [0.15, 0.2) is 84.1 Å². The molecule has 3 aromatic carbocycles. The number of benzene rings is 3. The van der Waals surface area contributed by atoms with Gasteiger partial charge < -0.3 is 4.57 Å². The number of carbonyl (C=O) groups is 1. The molecule has 0 bridgehead atoms. The van der Waals surface area contributed by atoms with Crippen LogP contribution in [-0.4, -0.2) is 21.6 Å². The molecule has 7 nitrogen and oxygen atoms in total. The predicted molar refractivity (Wildman–Crippen MR) is 120 cm³/mol. The van der Waals surface area contributed by atoms with Crippen molar-refractivity contribution in [3.8, 4) is 0 Å². The van der Waals surface area contributed by atoms with Gasteiger partial charge >= 0.3 is 0 Å². The lowest BCUT2D eigenvalue weighted by atomic mass is 10.1. The van der Waals surface area contributed by atoms with Gasteiger partial charge in [0.1, 0.15) is 0 Å². The third kappa shape index (κ3) is 4.51. The maximum Gasteiger partial charge on any atom is 0.271 e. The van der Waals surface area contributed by atoms with Gasteiger partial charge in [0.2, 0.25) is 0 Å². The molecule has 31 heavy (non-hydrogen) atoms. The van der Waals surface area contributed by atoms with Crippen molar-refractivity contribution in [2.75, 3.05) is 0 Å². The normalized spacial score (nSPS) is 11.1. The highest BCUT2D eigenvalue weighted by Gasteiger charge is 2.10. The van der Waals surface area contributed by atoms with Gasteiger partial charge in [-0.15, -0.1) is 0 Å². The molecular weight excluding hydrogens is 392 g/mol. The summed E-state index contributed by atoms with van der Waals surface area (Å²) in [6, 6.07) is 21.8. The molecule has 4 aromatic rings. The molecule has 0 aliphatic carbocycles. The van der Waals surface area contributed by atoms with E-state index in [4.69, 9.17) is 0 Å². The largest absolute Gasteiger partial charge is 0.342 e.